The number of hydrogen-bond acceptors (Lipinski definition) is 5. The fraction of sp³-hybridized carbons (Fsp3) is 0.615. The second kappa shape index (κ2) is 3.56. The quantitative estimate of drug-likeness (QED) is 0.843. The monoisotopic (exact) mass is 280 g/mol. The van der Waals surface area contributed by atoms with E-state index in [1.807, 2.05) is 20.8 Å². The molecule has 2 fully saturated rings. The Morgan fingerprint density at radius 3 is 2.63 bits per heavy atom. The lowest BCUT2D eigenvalue weighted by molar-refractivity contribution is -0.165. The van der Waals surface area contributed by atoms with Crippen LogP contribution in [0.3, 0.4) is 0 Å². The van der Waals surface area contributed by atoms with E-state index >= 15 is 0 Å². The Morgan fingerprint density at radius 2 is 2.16 bits per heavy atom. The number of ether oxygens (including phenoxy) is 1. The van der Waals surface area contributed by atoms with Gasteiger partial charge in [-0.1, -0.05) is 13.8 Å². The summed E-state index contributed by atoms with van der Waals surface area (Å²) in [7, 11) is 0. The molecule has 1 N–H and O–H groups in total. The molecule has 1 amide bonds. The van der Waals surface area contributed by atoms with E-state index in [0.29, 0.717) is 18.0 Å². The molecule has 5 nitrogen and oxygen atoms in total. The summed E-state index contributed by atoms with van der Waals surface area (Å²) in [5, 5.41) is 5.09. The van der Waals surface area contributed by atoms with Gasteiger partial charge in [0, 0.05) is 17.0 Å². The molecule has 0 radical (unpaired) electrons. The van der Waals surface area contributed by atoms with Crippen LogP contribution < -0.4 is 5.32 Å². The number of carbonyl (C=O) groups is 2. The number of nitrogens with zero attached hydrogens (tertiary/aromatic N) is 1. The first-order chi connectivity index (χ1) is 8.83. The van der Waals surface area contributed by atoms with Crippen LogP contribution in [0.4, 0.5) is 5.13 Å². The van der Waals surface area contributed by atoms with E-state index in [0.717, 1.165) is 0 Å². The summed E-state index contributed by atoms with van der Waals surface area (Å²) in [5.74, 6) is -0.528. The number of aromatic nitrogens is 1. The highest BCUT2D eigenvalue weighted by molar-refractivity contribution is 7.13. The molecule has 2 atom stereocenters. The second-order valence-corrected chi connectivity index (χ2v) is 6.86. The van der Waals surface area contributed by atoms with Crippen LogP contribution in [0.25, 0.3) is 0 Å². The predicted octanol–water partition coefficient (Wildman–Crippen LogP) is 2.20. The number of anilines is 1. The van der Waals surface area contributed by atoms with E-state index in [1.165, 1.54) is 11.3 Å². The molecule has 2 bridgehead atoms. The van der Waals surface area contributed by atoms with Crippen molar-refractivity contribution in [2.45, 2.75) is 39.2 Å². The third-order valence-corrected chi connectivity index (χ3v) is 5.79. The summed E-state index contributed by atoms with van der Waals surface area (Å²) in [5.41, 5.74) is -2.16. The molecular weight excluding hydrogens is 264 g/mol. The van der Waals surface area contributed by atoms with Crippen molar-refractivity contribution in [1.29, 1.82) is 0 Å². The summed E-state index contributed by atoms with van der Waals surface area (Å²) >= 11 is 1.35. The Hall–Kier alpha value is -1.43. The van der Waals surface area contributed by atoms with Crippen LogP contribution in [0, 0.1) is 10.8 Å². The highest BCUT2D eigenvalue weighted by atomic mass is 32.1. The van der Waals surface area contributed by atoms with Gasteiger partial charge in [-0.25, -0.2) is 4.98 Å². The fourth-order valence-corrected chi connectivity index (χ4v) is 3.75. The number of fused-ring (bicyclic) bond motifs is 2. The zero-order valence-electron chi connectivity index (χ0n) is 11.1. The lowest BCUT2D eigenvalue weighted by Gasteiger charge is -2.35. The number of hydrogen-bond donors (Lipinski definition) is 1. The summed E-state index contributed by atoms with van der Waals surface area (Å²) in [6.45, 7) is 5.76. The Labute approximate surface area is 115 Å². The van der Waals surface area contributed by atoms with E-state index in [2.05, 4.69) is 10.3 Å². The number of rotatable bonds is 2. The van der Waals surface area contributed by atoms with Gasteiger partial charge in [-0.2, -0.15) is 0 Å². The van der Waals surface area contributed by atoms with Crippen molar-refractivity contribution in [3.8, 4) is 0 Å². The van der Waals surface area contributed by atoms with Gasteiger partial charge < -0.3 is 4.74 Å². The SMILES string of the molecule is CC1(C)[C@@]2(C(=O)Nc3nccs3)CC[C@]1(C)C(=O)O2. The molecule has 1 saturated heterocycles. The first-order valence-electron chi connectivity index (χ1n) is 6.28. The molecule has 0 spiro atoms. The number of thiazole rings is 1. The maximum absolute atomic E-state index is 12.6. The molecule has 1 aromatic heterocycles. The minimum absolute atomic E-state index is 0.262. The Kier molecular flexibility index (Phi) is 2.36. The molecular formula is C13H16N2O3S. The molecule has 1 aliphatic carbocycles. The first kappa shape index (κ1) is 12.6. The molecule has 6 heteroatoms. The largest absolute Gasteiger partial charge is 0.448 e. The zero-order valence-corrected chi connectivity index (χ0v) is 12.0. The van der Waals surface area contributed by atoms with Crippen LogP contribution in [-0.2, 0) is 14.3 Å². The number of amides is 1. The van der Waals surface area contributed by atoms with Crippen molar-refractivity contribution < 1.29 is 14.3 Å². The van der Waals surface area contributed by atoms with E-state index in [1.54, 1.807) is 11.6 Å². The van der Waals surface area contributed by atoms with Gasteiger partial charge in [-0.3, -0.25) is 14.9 Å². The van der Waals surface area contributed by atoms with Crippen LogP contribution in [0.5, 0.6) is 0 Å². The van der Waals surface area contributed by atoms with Gasteiger partial charge >= 0.3 is 5.97 Å². The normalized spacial score (nSPS) is 35.2. The van der Waals surface area contributed by atoms with E-state index in [9.17, 15) is 9.59 Å². The molecule has 1 saturated carbocycles. The molecule has 19 heavy (non-hydrogen) atoms. The standard InChI is InChI=1S/C13H16N2O3S/c1-11(2)12(3)4-5-13(11,18-9(12)17)8(16)15-10-14-6-7-19-10/h6-7H,4-5H2,1-3H3,(H,14,15,16)/t12-,13+/m1/s1. The predicted molar refractivity (Wildman–Crippen MR) is 70.7 cm³/mol. The van der Waals surface area contributed by atoms with Gasteiger partial charge in [0.25, 0.3) is 5.91 Å². The fourth-order valence-electron chi connectivity index (χ4n) is 3.23. The van der Waals surface area contributed by atoms with E-state index in [-0.39, 0.29) is 11.9 Å². The van der Waals surface area contributed by atoms with Crippen LogP contribution >= 0.6 is 11.3 Å². The van der Waals surface area contributed by atoms with Crippen molar-refractivity contribution >= 4 is 28.3 Å². The molecule has 3 rings (SSSR count). The van der Waals surface area contributed by atoms with Crippen LogP contribution in [0.1, 0.15) is 33.6 Å². The number of esters is 1. The third kappa shape index (κ3) is 1.32. The molecule has 2 aliphatic rings. The van der Waals surface area contributed by atoms with Crippen molar-refractivity contribution in [2.24, 2.45) is 10.8 Å². The Balaban J connectivity index is 1.96. The maximum Gasteiger partial charge on any atom is 0.313 e. The smallest absolute Gasteiger partial charge is 0.313 e. The maximum atomic E-state index is 12.6. The Bertz CT molecular complexity index is 554. The van der Waals surface area contributed by atoms with Crippen molar-refractivity contribution in [1.82, 2.24) is 4.98 Å². The minimum Gasteiger partial charge on any atom is -0.448 e. The van der Waals surface area contributed by atoms with Gasteiger partial charge in [0.2, 0.25) is 0 Å². The van der Waals surface area contributed by atoms with Gasteiger partial charge in [0.1, 0.15) is 0 Å². The van der Waals surface area contributed by atoms with Crippen LogP contribution in [-0.4, -0.2) is 22.5 Å². The van der Waals surface area contributed by atoms with Crippen molar-refractivity contribution in [3.05, 3.63) is 11.6 Å². The van der Waals surface area contributed by atoms with E-state index < -0.39 is 16.4 Å². The lowest BCUT2D eigenvalue weighted by atomic mass is 9.66. The average Bonchev–Trinajstić information content (AvgIpc) is 2.94. The molecule has 1 aromatic rings. The number of carbonyl (C=O) groups excluding carboxylic acids is 2. The molecule has 1 aliphatic heterocycles. The summed E-state index contributed by atoms with van der Waals surface area (Å²) in [6, 6.07) is 0. The second-order valence-electron chi connectivity index (χ2n) is 5.97. The topological polar surface area (TPSA) is 68.3 Å². The highest BCUT2D eigenvalue weighted by Crippen LogP contribution is 2.65. The van der Waals surface area contributed by atoms with Gasteiger partial charge in [-0.15, -0.1) is 11.3 Å². The average molecular weight is 280 g/mol. The number of nitrogens with one attached hydrogen (secondary N) is 1. The summed E-state index contributed by atoms with van der Waals surface area (Å²) in [6.07, 6.45) is 2.88. The highest BCUT2D eigenvalue weighted by Gasteiger charge is 2.75. The minimum atomic E-state index is -1.06. The lowest BCUT2D eigenvalue weighted by Crippen LogP contribution is -2.50. The molecule has 102 valence electrons. The first-order valence-corrected chi connectivity index (χ1v) is 7.16. The summed E-state index contributed by atoms with van der Waals surface area (Å²) < 4.78 is 5.50. The van der Waals surface area contributed by atoms with Crippen molar-refractivity contribution in [3.63, 3.8) is 0 Å². The van der Waals surface area contributed by atoms with E-state index in [4.69, 9.17) is 4.74 Å². The van der Waals surface area contributed by atoms with Crippen LogP contribution in [0.15, 0.2) is 11.6 Å². The van der Waals surface area contributed by atoms with Gasteiger partial charge in [0.05, 0.1) is 5.41 Å². The molecule has 0 aromatic carbocycles. The summed E-state index contributed by atoms with van der Waals surface area (Å²) in [4.78, 5) is 28.7. The van der Waals surface area contributed by atoms with Crippen molar-refractivity contribution in [2.75, 3.05) is 5.32 Å². The molecule has 2 heterocycles. The van der Waals surface area contributed by atoms with Crippen LogP contribution in [0.2, 0.25) is 0 Å². The van der Waals surface area contributed by atoms with Gasteiger partial charge in [0.15, 0.2) is 10.7 Å². The third-order valence-electron chi connectivity index (χ3n) is 5.10. The molecule has 0 unspecified atom stereocenters. The zero-order chi connectivity index (χ0) is 13.9. The Morgan fingerprint density at radius 1 is 1.42 bits per heavy atom. The van der Waals surface area contributed by atoms with Gasteiger partial charge in [-0.05, 0) is 19.8 Å².